The molecular weight excluding hydrogens is 321 g/mol. The van der Waals surface area contributed by atoms with Crippen molar-refractivity contribution in [3.63, 3.8) is 0 Å². The van der Waals surface area contributed by atoms with Gasteiger partial charge in [-0.15, -0.1) is 0 Å². The molecule has 0 aliphatic rings. The van der Waals surface area contributed by atoms with E-state index < -0.39 is 11.7 Å². The number of methoxy groups -OCH3 is 2. The summed E-state index contributed by atoms with van der Waals surface area (Å²) in [5.74, 6) is 0.996. The van der Waals surface area contributed by atoms with Gasteiger partial charge in [-0.05, 0) is 35.4 Å². The highest BCUT2D eigenvalue weighted by Gasteiger charge is 2.29. The molecule has 0 atom stereocenters. The van der Waals surface area contributed by atoms with Gasteiger partial charge in [-0.3, -0.25) is 4.79 Å². The Hall–Kier alpha value is -2.50. The van der Waals surface area contributed by atoms with Gasteiger partial charge in [-0.25, -0.2) is 0 Å². The normalized spacial score (nSPS) is 11.2. The second kappa shape index (κ2) is 7.38. The summed E-state index contributed by atoms with van der Waals surface area (Å²) >= 11 is 0. The molecule has 3 nitrogen and oxygen atoms in total. The second-order valence-electron chi connectivity index (χ2n) is 5.28. The van der Waals surface area contributed by atoms with Crippen LogP contribution >= 0.6 is 0 Å². The van der Waals surface area contributed by atoms with E-state index in [1.165, 1.54) is 26.4 Å². The minimum Gasteiger partial charge on any atom is -0.493 e. The van der Waals surface area contributed by atoms with Crippen LogP contribution in [-0.4, -0.2) is 20.0 Å². The van der Waals surface area contributed by atoms with Crippen molar-refractivity contribution in [2.75, 3.05) is 14.2 Å². The number of halogens is 3. The average molecular weight is 338 g/mol. The van der Waals surface area contributed by atoms with Gasteiger partial charge in [-0.1, -0.05) is 18.2 Å². The smallest absolute Gasteiger partial charge is 0.416 e. The molecule has 0 bridgehead atoms. The third-order valence-corrected chi connectivity index (χ3v) is 3.53. The van der Waals surface area contributed by atoms with Crippen LogP contribution in [0.5, 0.6) is 11.5 Å². The van der Waals surface area contributed by atoms with Crippen molar-refractivity contribution in [2.45, 2.75) is 19.0 Å². The maximum Gasteiger partial charge on any atom is 0.416 e. The molecule has 0 spiro atoms. The Morgan fingerprint density at radius 1 is 0.875 bits per heavy atom. The topological polar surface area (TPSA) is 35.5 Å². The first-order chi connectivity index (χ1) is 11.3. The van der Waals surface area contributed by atoms with E-state index >= 15 is 0 Å². The highest BCUT2D eigenvalue weighted by molar-refractivity contribution is 5.83. The number of benzene rings is 2. The standard InChI is InChI=1S/C18H17F3O3/c1-23-16-8-5-13(11-17(16)24-2)10-15(22)9-12-3-6-14(7-4-12)18(19,20)21/h3-8,11H,9-10H2,1-2H3. The van der Waals surface area contributed by atoms with Crippen molar-refractivity contribution in [2.24, 2.45) is 0 Å². The Labute approximate surface area is 138 Å². The minimum absolute atomic E-state index is 0.0759. The molecule has 0 radical (unpaired) electrons. The molecular formula is C18H17F3O3. The van der Waals surface area contributed by atoms with Crippen molar-refractivity contribution in [1.82, 2.24) is 0 Å². The fraction of sp³-hybridized carbons (Fsp3) is 0.278. The zero-order chi connectivity index (χ0) is 17.7. The van der Waals surface area contributed by atoms with E-state index in [2.05, 4.69) is 0 Å². The molecule has 6 heteroatoms. The summed E-state index contributed by atoms with van der Waals surface area (Å²) in [6.07, 6.45) is -4.13. The summed E-state index contributed by atoms with van der Waals surface area (Å²) in [6, 6.07) is 9.80. The Morgan fingerprint density at radius 2 is 1.42 bits per heavy atom. The van der Waals surface area contributed by atoms with Gasteiger partial charge in [0, 0.05) is 12.8 Å². The van der Waals surface area contributed by atoms with E-state index in [1.54, 1.807) is 18.2 Å². The van der Waals surface area contributed by atoms with Crippen molar-refractivity contribution in [1.29, 1.82) is 0 Å². The third-order valence-electron chi connectivity index (χ3n) is 3.53. The largest absolute Gasteiger partial charge is 0.493 e. The molecule has 128 valence electrons. The first-order valence-corrected chi connectivity index (χ1v) is 7.22. The Bertz CT molecular complexity index is 706. The summed E-state index contributed by atoms with van der Waals surface area (Å²) in [5.41, 5.74) is 0.580. The van der Waals surface area contributed by atoms with Crippen LogP contribution in [0.3, 0.4) is 0 Å². The highest BCUT2D eigenvalue weighted by atomic mass is 19.4. The zero-order valence-electron chi connectivity index (χ0n) is 13.3. The predicted molar refractivity (Wildman–Crippen MR) is 83.4 cm³/mol. The molecule has 0 fully saturated rings. The number of hydrogen-bond donors (Lipinski definition) is 0. The third kappa shape index (κ3) is 4.50. The molecule has 2 aromatic carbocycles. The SMILES string of the molecule is COc1ccc(CC(=O)Cc2ccc(C(F)(F)F)cc2)cc1OC. The van der Waals surface area contributed by atoms with E-state index in [1.807, 2.05) is 0 Å². The summed E-state index contributed by atoms with van der Waals surface area (Å²) in [4.78, 5) is 12.1. The van der Waals surface area contributed by atoms with Gasteiger partial charge >= 0.3 is 6.18 Å². The molecule has 2 aromatic rings. The molecule has 0 saturated carbocycles. The van der Waals surface area contributed by atoms with Gasteiger partial charge in [-0.2, -0.15) is 13.2 Å². The fourth-order valence-electron chi connectivity index (χ4n) is 2.32. The Balaban J connectivity index is 2.03. The number of ketones is 1. The molecule has 0 heterocycles. The van der Waals surface area contributed by atoms with Crippen molar-refractivity contribution >= 4 is 5.78 Å². The number of hydrogen-bond acceptors (Lipinski definition) is 3. The van der Waals surface area contributed by atoms with Gasteiger partial charge in [0.15, 0.2) is 11.5 Å². The van der Waals surface area contributed by atoms with Crippen molar-refractivity contribution in [3.8, 4) is 11.5 Å². The molecule has 0 saturated heterocycles. The van der Waals surface area contributed by atoms with Crippen molar-refractivity contribution < 1.29 is 27.4 Å². The van der Waals surface area contributed by atoms with E-state index in [4.69, 9.17) is 9.47 Å². The monoisotopic (exact) mass is 338 g/mol. The number of alkyl halides is 3. The van der Waals surface area contributed by atoms with Gasteiger partial charge in [0.2, 0.25) is 0 Å². The summed E-state index contributed by atoms with van der Waals surface area (Å²) < 4.78 is 47.8. The summed E-state index contributed by atoms with van der Waals surface area (Å²) in [7, 11) is 3.03. The molecule has 0 N–H and O–H groups in total. The first kappa shape index (κ1) is 17.8. The number of rotatable bonds is 6. The van der Waals surface area contributed by atoms with Crippen LogP contribution in [0.1, 0.15) is 16.7 Å². The van der Waals surface area contributed by atoms with Crippen LogP contribution in [0.15, 0.2) is 42.5 Å². The van der Waals surface area contributed by atoms with Crippen molar-refractivity contribution in [3.05, 3.63) is 59.2 Å². The molecule has 0 amide bonds. The number of carbonyl (C=O) groups excluding carboxylic acids is 1. The van der Waals surface area contributed by atoms with Gasteiger partial charge < -0.3 is 9.47 Å². The Kier molecular flexibility index (Phi) is 5.49. The van der Waals surface area contributed by atoms with E-state index in [-0.39, 0.29) is 18.6 Å². The van der Waals surface area contributed by atoms with Crippen LogP contribution in [0, 0.1) is 0 Å². The number of Topliss-reactive ketones (excluding diaryl/α,β-unsaturated/α-hetero) is 1. The quantitative estimate of drug-likeness (QED) is 0.796. The Morgan fingerprint density at radius 3 is 1.96 bits per heavy atom. The number of carbonyl (C=O) groups is 1. The molecule has 0 aliphatic carbocycles. The maximum absolute atomic E-state index is 12.5. The van der Waals surface area contributed by atoms with Crippen LogP contribution < -0.4 is 9.47 Å². The highest BCUT2D eigenvalue weighted by Crippen LogP contribution is 2.29. The molecule has 2 rings (SSSR count). The lowest BCUT2D eigenvalue weighted by molar-refractivity contribution is -0.137. The number of ether oxygens (including phenoxy) is 2. The minimum atomic E-state index is -4.37. The fourth-order valence-corrected chi connectivity index (χ4v) is 2.32. The first-order valence-electron chi connectivity index (χ1n) is 7.22. The molecule has 24 heavy (non-hydrogen) atoms. The summed E-state index contributed by atoms with van der Waals surface area (Å²) in [5, 5.41) is 0. The molecule has 0 aliphatic heterocycles. The average Bonchev–Trinajstić information content (AvgIpc) is 2.54. The van der Waals surface area contributed by atoms with Gasteiger partial charge in [0.1, 0.15) is 5.78 Å². The lowest BCUT2D eigenvalue weighted by atomic mass is 10.0. The molecule has 0 aromatic heterocycles. The lowest BCUT2D eigenvalue weighted by Crippen LogP contribution is -2.08. The van der Waals surface area contributed by atoms with Crippen LogP contribution in [0.25, 0.3) is 0 Å². The lowest BCUT2D eigenvalue weighted by Gasteiger charge is -2.10. The van der Waals surface area contributed by atoms with Gasteiger partial charge in [0.25, 0.3) is 0 Å². The summed E-state index contributed by atoms with van der Waals surface area (Å²) in [6.45, 7) is 0. The van der Waals surface area contributed by atoms with E-state index in [0.717, 1.165) is 17.7 Å². The predicted octanol–water partition coefficient (Wildman–Crippen LogP) is 4.08. The van der Waals surface area contributed by atoms with E-state index in [0.29, 0.717) is 17.1 Å². The van der Waals surface area contributed by atoms with Crippen LogP contribution in [0.4, 0.5) is 13.2 Å². The second-order valence-corrected chi connectivity index (χ2v) is 5.28. The molecule has 0 unspecified atom stereocenters. The van der Waals surface area contributed by atoms with Crippen LogP contribution in [-0.2, 0) is 23.8 Å². The van der Waals surface area contributed by atoms with Crippen LogP contribution in [0.2, 0.25) is 0 Å². The van der Waals surface area contributed by atoms with Gasteiger partial charge in [0.05, 0.1) is 19.8 Å². The maximum atomic E-state index is 12.5. The van der Waals surface area contributed by atoms with E-state index in [9.17, 15) is 18.0 Å². The zero-order valence-corrected chi connectivity index (χ0v) is 13.3.